The zero-order valence-electron chi connectivity index (χ0n) is 11.8. The number of carbonyl (C=O) groups is 2. The van der Waals surface area contributed by atoms with E-state index in [2.05, 4.69) is 10.6 Å². The minimum atomic E-state index is -0.377. The lowest BCUT2D eigenvalue weighted by Crippen LogP contribution is -2.39. The maximum atomic E-state index is 12.0. The molecule has 2 amide bonds. The summed E-state index contributed by atoms with van der Waals surface area (Å²) in [5.41, 5.74) is 1.45. The molecule has 5 nitrogen and oxygen atoms in total. The third-order valence-corrected chi connectivity index (χ3v) is 2.91. The summed E-state index contributed by atoms with van der Waals surface area (Å²) < 4.78 is 5.53. The first kappa shape index (κ1) is 14.1. The molecule has 0 fully saturated rings. The molecule has 5 heteroatoms. The van der Waals surface area contributed by atoms with E-state index in [4.69, 9.17) is 4.42 Å². The Morgan fingerprint density at radius 3 is 2.60 bits per heavy atom. The number of hydrogen-bond donors (Lipinski definition) is 2. The first-order valence-electron chi connectivity index (χ1n) is 6.54. The van der Waals surface area contributed by atoms with Crippen LogP contribution in [0.25, 0.3) is 11.0 Å². The van der Waals surface area contributed by atoms with E-state index in [1.807, 2.05) is 45.0 Å². The molecule has 0 unspecified atom stereocenters. The fourth-order valence-electron chi connectivity index (χ4n) is 2.00. The summed E-state index contributed by atoms with van der Waals surface area (Å²) in [6.45, 7) is 5.49. The molecule has 20 heavy (non-hydrogen) atoms. The number of rotatable bonds is 4. The second-order valence-electron chi connectivity index (χ2n) is 4.96. The predicted octanol–water partition coefficient (Wildman–Crippen LogP) is 2.00. The molecule has 2 aromatic rings. The first-order valence-corrected chi connectivity index (χ1v) is 6.54. The normalized spacial score (nSPS) is 10.8. The summed E-state index contributed by atoms with van der Waals surface area (Å²) in [5, 5.41) is 6.17. The summed E-state index contributed by atoms with van der Waals surface area (Å²) in [5.74, 6) is -0.344. The summed E-state index contributed by atoms with van der Waals surface area (Å²) in [6.07, 6.45) is 0. The highest BCUT2D eigenvalue weighted by molar-refractivity contribution is 6.00. The van der Waals surface area contributed by atoms with E-state index in [1.54, 1.807) is 0 Å². The zero-order valence-corrected chi connectivity index (χ0v) is 11.8. The molecule has 0 radical (unpaired) electrons. The van der Waals surface area contributed by atoms with Gasteiger partial charge in [-0.15, -0.1) is 0 Å². The van der Waals surface area contributed by atoms with Crippen molar-refractivity contribution in [2.24, 2.45) is 0 Å². The van der Waals surface area contributed by atoms with Crippen LogP contribution in [0.2, 0.25) is 0 Å². The molecule has 106 valence electrons. The molecule has 1 heterocycles. The fraction of sp³-hybridized carbons (Fsp3) is 0.333. The standard InChI is InChI=1S/C15H18N2O3/c1-9(2)17-13(18)8-16-15(19)14-10(3)11-6-4-5-7-12(11)20-14/h4-7,9H,8H2,1-3H3,(H,16,19)(H,17,18). The Morgan fingerprint density at radius 2 is 1.95 bits per heavy atom. The molecule has 0 atom stereocenters. The largest absolute Gasteiger partial charge is 0.451 e. The maximum Gasteiger partial charge on any atom is 0.287 e. The van der Waals surface area contributed by atoms with Gasteiger partial charge in [-0.3, -0.25) is 9.59 Å². The lowest BCUT2D eigenvalue weighted by Gasteiger charge is -2.08. The van der Waals surface area contributed by atoms with E-state index in [1.165, 1.54) is 0 Å². The molecule has 0 bridgehead atoms. The Hall–Kier alpha value is -2.30. The van der Waals surface area contributed by atoms with Crippen molar-refractivity contribution >= 4 is 22.8 Å². The van der Waals surface area contributed by atoms with Gasteiger partial charge >= 0.3 is 0 Å². The molecule has 2 N–H and O–H groups in total. The predicted molar refractivity (Wildman–Crippen MR) is 76.6 cm³/mol. The van der Waals surface area contributed by atoms with E-state index in [0.29, 0.717) is 5.58 Å². The van der Waals surface area contributed by atoms with E-state index in [-0.39, 0.29) is 30.2 Å². The van der Waals surface area contributed by atoms with E-state index in [9.17, 15) is 9.59 Å². The lowest BCUT2D eigenvalue weighted by atomic mass is 10.1. The number of amides is 2. The Labute approximate surface area is 117 Å². The highest BCUT2D eigenvalue weighted by atomic mass is 16.3. The quantitative estimate of drug-likeness (QED) is 0.895. The van der Waals surface area contributed by atoms with Gasteiger partial charge in [0, 0.05) is 17.0 Å². The average Bonchev–Trinajstić information content (AvgIpc) is 2.73. The first-order chi connectivity index (χ1) is 9.49. The molecule has 1 aromatic heterocycles. The Balaban J connectivity index is 2.08. The van der Waals surface area contributed by atoms with Gasteiger partial charge in [0.25, 0.3) is 5.91 Å². The monoisotopic (exact) mass is 274 g/mol. The van der Waals surface area contributed by atoms with Crippen LogP contribution in [0.15, 0.2) is 28.7 Å². The highest BCUT2D eigenvalue weighted by Crippen LogP contribution is 2.24. The molecule has 0 saturated carbocycles. The lowest BCUT2D eigenvalue weighted by molar-refractivity contribution is -0.120. The van der Waals surface area contributed by atoms with Crippen LogP contribution >= 0.6 is 0 Å². The fourth-order valence-corrected chi connectivity index (χ4v) is 2.00. The van der Waals surface area contributed by atoms with Crippen LogP contribution < -0.4 is 10.6 Å². The SMILES string of the molecule is Cc1c(C(=O)NCC(=O)NC(C)C)oc2ccccc12. The van der Waals surface area contributed by atoms with Crippen LogP contribution in [0.1, 0.15) is 30.0 Å². The van der Waals surface area contributed by atoms with Crippen LogP contribution in [-0.2, 0) is 4.79 Å². The van der Waals surface area contributed by atoms with Gasteiger partial charge in [-0.2, -0.15) is 0 Å². The minimum absolute atomic E-state index is 0.0485. The topological polar surface area (TPSA) is 71.3 Å². The maximum absolute atomic E-state index is 12.0. The van der Waals surface area contributed by atoms with Gasteiger partial charge in [0.15, 0.2) is 5.76 Å². The Bertz CT molecular complexity index is 644. The Kier molecular flexibility index (Phi) is 4.08. The van der Waals surface area contributed by atoms with Crippen LogP contribution in [0, 0.1) is 6.92 Å². The molecular weight excluding hydrogens is 256 g/mol. The third kappa shape index (κ3) is 2.99. The van der Waals surface area contributed by atoms with Gasteiger partial charge in [0.1, 0.15) is 5.58 Å². The van der Waals surface area contributed by atoms with Gasteiger partial charge < -0.3 is 15.1 Å². The summed E-state index contributed by atoms with van der Waals surface area (Å²) >= 11 is 0. The van der Waals surface area contributed by atoms with Crippen molar-refractivity contribution in [1.29, 1.82) is 0 Å². The number of hydrogen-bond acceptors (Lipinski definition) is 3. The minimum Gasteiger partial charge on any atom is -0.451 e. The second kappa shape index (κ2) is 5.77. The van der Waals surface area contributed by atoms with Gasteiger partial charge in [-0.1, -0.05) is 18.2 Å². The molecule has 0 aliphatic rings. The molecule has 0 spiro atoms. The van der Waals surface area contributed by atoms with Crippen LogP contribution in [-0.4, -0.2) is 24.4 Å². The number of para-hydroxylation sites is 1. The molecular formula is C15H18N2O3. The van der Waals surface area contributed by atoms with Crippen molar-refractivity contribution < 1.29 is 14.0 Å². The summed E-state index contributed by atoms with van der Waals surface area (Å²) in [7, 11) is 0. The van der Waals surface area contributed by atoms with Gasteiger partial charge in [-0.05, 0) is 26.8 Å². The summed E-state index contributed by atoms with van der Waals surface area (Å²) in [6, 6.07) is 7.50. The number of furan rings is 1. The molecule has 0 aliphatic heterocycles. The number of fused-ring (bicyclic) bond motifs is 1. The van der Waals surface area contributed by atoms with E-state index in [0.717, 1.165) is 10.9 Å². The zero-order chi connectivity index (χ0) is 14.7. The average molecular weight is 274 g/mol. The summed E-state index contributed by atoms with van der Waals surface area (Å²) in [4.78, 5) is 23.5. The van der Waals surface area contributed by atoms with Crippen LogP contribution in [0.4, 0.5) is 0 Å². The van der Waals surface area contributed by atoms with Crippen molar-refractivity contribution in [2.45, 2.75) is 26.8 Å². The second-order valence-corrected chi connectivity index (χ2v) is 4.96. The Morgan fingerprint density at radius 1 is 1.25 bits per heavy atom. The number of aryl methyl sites for hydroxylation is 1. The molecule has 1 aromatic carbocycles. The van der Waals surface area contributed by atoms with Gasteiger partial charge in [0.05, 0.1) is 6.54 Å². The van der Waals surface area contributed by atoms with E-state index >= 15 is 0 Å². The number of carbonyl (C=O) groups excluding carboxylic acids is 2. The van der Waals surface area contributed by atoms with Gasteiger partial charge in [0.2, 0.25) is 5.91 Å². The van der Waals surface area contributed by atoms with Crippen molar-refractivity contribution in [2.75, 3.05) is 6.54 Å². The van der Waals surface area contributed by atoms with Crippen molar-refractivity contribution in [3.8, 4) is 0 Å². The van der Waals surface area contributed by atoms with Crippen LogP contribution in [0.3, 0.4) is 0 Å². The molecule has 0 saturated heterocycles. The van der Waals surface area contributed by atoms with Crippen LogP contribution in [0.5, 0.6) is 0 Å². The van der Waals surface area contributed by atoms with Crippen molar-refractivity contribution in [3.05, 3.63) is 35.6 Å². The van der Waals surface area contributed by atoms with Gasteiger partial charge in [-0.25, -0.2) is 0 Å². The smallest absolute Gasteiger partial charge is 0.287 e. The molecule has 0 aliphatic carbocycles. The number of nitrogens with one attached hydrogen (secondary N) is 2. The van der Waals surface area contributed by atoms with Crippen molar-refractivity contribution in [1.82, 2.24) is 10.6 Å². The third-order valence-electron chi connectivity index (χ3n) is 2.91. The number of benzene rings is 1. The van der Waals surface area contributed by atoms with Crippen molar-refractivity contribution in [3.63, 3.8) is 0 Å². The highest BCUT2D eigenvalue weighted by Gasteiger charge is 2.17. The van der Waals surface area contributed by atoms with E-state index < -0.39 is 0 Å². The molecule has 2 rings (SSSR count).